The van der Waals surface area contributed by atoms with Crippen molar-refractivity contribution < 1.29 is 19.4 Å². The molecule has 0 saturated carbocycles. The summed E-state index contributed by atoms with van der Waals surface area (Å²) in [7, 11) is 0. The smallest absolute Gasteiger partial charge is 0.284 e. The van der Waals surface area contributed by atoms with Gasteiger partial charge in [-0.1, -0.05) is 24.3 Å². The van der Waals surface area contributed by atoms with E-state index < -0.39 is 5.91 Å². The van der Waals surface area contributed by atoms with Crippen LogP contribution in [0.15, 0.2) is 58.8 Å². The molecule has 0 aliphatic carbocycles. The average molecular weight is 350 g/mol. The number of para-hydroxylation sites is 3. The van der Waals surface area contributed by atoms with Gasteiger partial charge in [-0.05, 0) is 24.3 Å². The minimum atomic E-state index is -0.617. The number of hydrogen-bond acceptors (Lipinski definition) is 5. The number of anilines is 1. The molecular formula is C18H14N4O4. The van der Waals surface area contributed by atoms with Gasteiger partial charge in [0.1, 0.15) is 12.3 Å². The van der Waals surface area contributed by atoms with Crippen molar-refractivity contribution in [2.75, 3.05) is 18.1 Å². The van der Waals surface area contributed by atoms with E-state index in [0.29, 0.717) is 22.3 Å². The highest BCUT2D eigenvalue weighted by molar-refractivity contribution is 6.02. The van der Waals surface area contributed by atoms with Crippen LogP contribution in [0.4, 0.5) is 11.5 Å². The van der Waals surface area contributed by atoms with Gasteiger partial charge in [-0.2, -0.15) is 0 Å². The number of carbonyl (C=O) groups is 2. The Morgan fingerprint density at radius 2 is 1.96 bits per heavy atom. The Labute approximate surface area is 147 Å². The Morgan fingerprint density at radius 1 is 1.19 bits per heavy atom. The van der Waals surface area contributed by atoms with Crippen LogP contribution in [0.3, 0.4) is 0 Å². The molecule has 0 saturated heterocycles. The molecule has 1 aliphatic rings. The zero-order valence-corrected chi connectivity index (χ0v) is 13.5. The second-order valence-electron chi connectivity index (χ2n) is 5.70. The first kappa shape index (κ1) is 15.8. The molecule has 0 bridgehead atoms. The van der Waals surface area contributed by atoms with Crippen molar-refractivity contribution in [2.45, 2.75) is 0 Å². The molecule has 2 amide bonds. The quantitative estimate of drug-likeness (QED) is 0.708. The summed E-state index contributed by atoms with van der Waals surface area (Å²) in [6.07, 6.45) is 0. The van der Waals surface area contributed by atoms with E-state index in [1.165, 1.54) is 4.90 Å². The maximum absolute atomic E-state index is 12.2. The summed E-state index contributed by atoms with van der Waals surface area (Å²) in [5, 5.41) is 18.1. The first-order chi connectivity index (χ1) is 12.6. The molecule has 0 unspecified atom stereocenters. The molecule has 2 aromatic carbocycles. The van der Waals surface area contributed by atoms with Gasteiger partial charge >= 0.3 is 0 Å². The van der Waals surface area contributed by atoms with Crippen LogP contribution in [-0.4, -0.2) is 35.1 Å². The predicted molar refractivity (Wildman–Crippen MR) is 93.8 cm³/mol. The van der Waals surface area contributed by atoms with Crippen LogP contribution < -0.4 is 9.64 Å². The largest absolute Gasteiger partial charge is 0.504 e. The van der Waals surface area contributed by atoms with Crippen molar-refractivity contribution in [3.8, 4) is 11.5 Å². The summed E-state index contributed by atoms with van der Waals surface area (Å²) in [6.45, 7) is -0.395. The fourth-order valence-corrected chi connectivity index (χ4v) is 2.79. The first-order valence-corrected chi connectivity index (χ1v) is 7.90. The normalized spacial score (nSPS) is 13.8. The van der Waals surface area contributed by atoms with E-state index in [2.05, 4.69) is 15.2 Å². The van der Waals surface area contributed by atoms with Crippen LogP contribution in [0.25, 0.3) is 10.9 Å². The summed E-state index contributed by atoms with van der Waals surface area (Å²) in [5.41, 5.74) is 1.20. The number of fused-ring (bicyclic) bond motifs is 2. The lowest BCUT2D eigenvalue weighted by Gasteiger charge is -2.27. The molecule has 0 atom stereocenters. The maximum Gasteiger partial charge on any atom is 0.284 e. The van der Waals surface area contributed by atoms with Gasteiger partial charge in [0, 0.05) is 5.39 Å². The molecule has 26 heavy (non-hydrogen) atoms. The van der Waals surface area contributed by atoms with Crippen molar-refractivity contribution in [1.29, 1.82) is 0 Å². The lowest BCUT2D eigenvalue weighted by molar-refractivity contribution is -0.124. The highest BCUT2D eigenvalue weighted by atomic mass is 16.5. The number of benzene rings is 2. The number of H-pyrrole nitrogens is 1. The Balaban J connectivity index is 1.54. The third kappa shape index (κ3) is 2.77. The molecule has 1 aliphatic heterocycles. The second-order valence-corrected chi connectivity index (χ2v) is 5.70. The molecular weight excluding hydrogens is 336 g/mol. The number of aromatic amines is 1. The zero-order valence-electron chi connectivity index (χ0n) is 13.5. The molecule has 3 aromatic rings. The maximum atomic E-state index is 12.2. The third-order valence-electron chi connectivity index (χ3n) is 4.02. The van der Waals surface area contributed by atoms with Crippen molar-refractivity contribution >= 4 is 34.2 Å². The first-order valence-electron chi connectivity index (χ1n) is 7.90. The summed E-state index contributed by atoms with van der Waals surface area (Å²) < 4.78 is 5.33. The van der Waals surface area contributed by atoms with E-state index >= 15 is 0 Å². The fraction of sp³-hybridized carbons (Fsp3) is 0.111. The number of rotatable bonds is 3. The van der Waals surface area contributed by atoms with Crippen molar-refractivity contribution in [1.82, 2.24) is 4.98 Å². The monoisotopic (exact) mass is 350 g/mol. The lowest BCUT2D eigenvalue weighted by Crippen LogP contribution is -2.41. The van der Waals surface area contributed by atoms with Gasteiger partial charge in [0.25, 0.3) is 11.8 Å². The predicted octanol–water partition coefficient (Wildman–Crippen LogP) is 2.91. The van der Waals surface area contributed by atoms with Crippen LogP contribution in [0.1, 0.15) is 0 Å². The highest BCUT2D eigenvalue weighted by Crippen LogP contribution is 2.35. The third-order valence-corrected chi connectivity index (χ3v) is 4.02. The van der Waals surface area contributed by atoms with E-state index in [9.17, 15) is 14.7 Å². The molecule has 0 radical (unpaired) electrons. The van der Waals surface area contributed by atoms with Gasteiger partial charge in [0.05, 0.1) is 11.2 Å². The lowest BCUT2D eigenvalue weighted by atomic mass is 10.2. The van der Waals surface area contributed by atoms with Crippen LogP contribution in [-0.2, 0) is 9.59 Å². The molecule has 2 heterocycles. The van der Waals surface area contributed by atoms with Gasteiger partial charge < -0.3 is 14.8 Å². The number of nitrogens with one attached hydrogen (secondary N) is 1. The van der Waals surface area contributed by atoms with E-state index in [0.717, 1.165) is 0 Å². The zero-order chi connectivity index (χ0) is 18.1. The van der Waals surface area contributed by atoms with Gasteiger partial charge in [-0.25, -0.2) is 0 Å². The molecule has 1 aromatic heterocycles. The molecule has 2 N–H and O–H groups in total. The topological polar surface area (TPSA) is 107 Å². The van der Waals surface area contributed by atoms with Gasteiger partial charge in [-0.15, -0.1) is 10.2 Å². The Kier molecular flexibility index (Phi) is 3.85. The summed E-state index contributed by atoms with van der Waals surface area (Å²) >= 11 is 0. The van der Waals surface area contributed by atoms with Gasteiger partial charge in [0.15, 0.2) is 18.2 Å². The summed E-state index contributed by atoms with van der Waals surface area (Å²) in [5.74, 6) is -0.405. The number of hydrogen-bond donors (Lipinski definition) is 2. The van der Waals surface area contributed by atoms with Crippen molar-refractivity contribution in [3.63, 3.8) is 0 Å². The molecule has 130 valence electrons. The fourth-order valence-electron chi connectivity index (χ4n) is 2.79. The number of amides is 2. The van der Waals surface area contributed by atoms with Gasteiger partial charge in [0.2, 0.25) is 0 Å². The van der Waals surface area contributed by atoms with Crippen LogP contribution in [0.5, 0.6) is 11.5 Å². The molecule has 0 fully saturated rings. The summed E-state index contributed by atoms with van der Waals surface area (Å²) in [6, 6.07) is 14.1. The van der Waals surface area contributed by atoms with E-state index in [1.54, 1.807) is 42.5 Å². The number of aromatic nitrogens is 1. The Morgan fingerprint density at radius 3 is 2.81 bits per heavy atom. The number of carbonyl (C=O) groups excluding carboxylic acids is 2. The molecule has 8 nitrogen and oxygen atoms in total. The molecule has 0 spiro atoms. The van der Waals surface area contributed by atoms with Crippen molar-refractivity contribution in [2.24, 2.45) is 10.2 Å². The average Bonchev–Trinajstić information content (AvgIpc) is 2.99. The Hall–Kier alpha value is -3.68. The molecule has 8 heteroatoms. The highest BCUT2D eigenvalue weighted by Gasteiger charge is 2.27. The summed E-state index contributed by atoms with van der Waals surface area (Å²) in [4.78, 5) is 28.4. The number of nitrogens with zero attached hydrogens (tertiary/aromatic N) is 3. The SMILES string of the molecule is O=C(CN1C(=O)COc2ccccc21)N=Nc1[nH]c2ccccc2c1O. The second kappa shape index (κ2) is 6.32. The standard InChI is InChI=1S/C18H14N4O4/c23-15(9-22-13-7-3-4-8-14(13)26-10-16(22)24)20-21-18-17(25)11-5-1-2-6-12(11)19-18/h1-8,19,25H,9-10H2. The van der Waals surface area contributed by atoms with E-state index in [-0.39, 0.29) is 30.6 Å². The van der Waals surface area contributed by atoms with Crippen LogP contribution >= 0.6 is 0 Å². The number of azo groups is 1. The van der Waals surface area contributed by atoms with Crippen LogP contribution in [0.2, 0.25) is 0 Å². The van der Waals surface area contributed by atoms with E-state index in [1.807, 2.05) is 6.07 Å². The van der Waals surface area contributed by atoms with Gasteiger partial charge in [-0.3, -0.25) is 14.5 Å². The molecule has 4 rings (SSSR count). The van der Waals surface area contributed by atoms with Crippen LogP contribution in [0, 0.1) is 0 Å². The number of aromatic hydroxyl groups is 1. The van der Waals surface area contributed by atoms with E-state index in [4.69, 9.17) is 4.74 Å². The minimum absolute atomic E-state index is 0.0788. The minimum Gasteiger partial charge on any atom is -0.504 e. The number of ether oxygens (including phenoxy) is 1. The Bertz CT molecular complexity index is 1040. The van der Waals surface area contributed by atoms with Crippen molar-refractivity contribution in [3.05, 3.63) is 48.5 Å².